The van der Waals surface area contributed by atoms with E-state index >= 15 is 0 Å². The van der Waals surface area contributed by atoms with Gasteiger partial charge >= 0.3 is 38.7 Å². The van der Waals surface area contributed by atoms with Gasteiger partial charge in [0, 0.05) is 99.7 Å². The molecule has 5 aromatic rings. The number of nitrogens with one attached hydrogen (secondary N) is 2. The standard InChI is InChI=1S/C26H31F3N4O3.C20H28BF3N2O3.C18H29ClN2O2Si.C10H19BO2.C9H10Cl2N2O/c1-18-4-5-22(31-25(35)33-7-6-19(17-33)16-26(27,28)29)15-23(18)20-13-21(3-2-10-34)30-24(14-20)32-8-11-36-12-9-32;1-13-6-7-15(10-16(13)21-28-18(2,3)19(4,5)29-21)25-17(27)26-9-8-14(12-26)11-20(22,23)24;1-18(2,3)24(4,5)23-10-6-7-16-13-15(19)14-17(20-16)21-8-11-22-12-9-21;1-6-7-8-11-12-9(2,3)10(4,5)13-11;10-7-5-8(11)12-9(6-7)13-1-3-14-4-2-13/h2-5,13-15,19,34H,6-12,16-17H2,1H3,(H,31,35);6-7,10,14H,8-9,11-12H2,1-5H3,(H,25,27);6-7,13-14H,8-12H2,1-5H3;7-8H,6H2,1-5H3;5-6H,1-4H2/b3-2+;;7-6+;8-7+;/t19-;14-;;;/m00.../s1. The lowest BCUT2D eigenvalue weighted by Crippen LogP contribution is -2.41. The first kappa shape index (κ1) is 95.0. The number of urea groups is 2. The highest BCUT2D eigenvalue weighted by Crippen LogP contribution is 2.41. The normalized spacial score (nSPS) is 20.1. The predicted molar refractivity (Wildman–Crippen MR) is 456 cm³/mol. The van der Waals surface area contributed by atoms with Gasteiger partial charge in [-0.2, -0.15) is 26.3 Å². The van der Waals surface area contributed by atoms with E-state index in [0.717, 1.165) is 123 Å². The van der Waals surface area contributed by atoms with Gasteiger partial charge in [0.2, 0.25) is 0 Å². The monoisotopic (exact) mass is 1700 g/mol. The number of anilines is 5. The Morgan fingerprint density at radius 1 is 0.578 bits per heavy atom. The van der Waals surface area contributed by atoms with Gasteiger partial charge in [-0.3, -0.25) is 0 Å². The summed E-state index contributed by atoms with van der Waals surface area (Å²) in [5.74, 6) is 3.41. The number of hydrogen-bond acceptors (Lipinski definition) is 17. The lowest BCUT2D eigenvalue weighted by molar-refractivity contribution is -0.144. The second kappa shape index (κ2) is 41.6. The van der Waals surface area contributed by atoms with Crippen molar-refractivity contribution >= 4 is 116 Å². The quantitative estimate of drug-likeness (QED) is 0.0449. The molecule has 0 unspecified atom stereocenters. The van der Waals surface area contributed by atoms with Gasteiger partial charge in [-0.25, -0.2) is 24.5 Å². The molecule has 7 aliphatic rings. The van der Waals surface area contributed by atoms with Crippen molar-refractivity contribution in [2.24, 2.45) is 11.8 Å². The van der Waals surface area contributed by atoms with E-state index in [9.17, 15) is 41.0 Å². The summed E-state index contributed by atoms with van der Waals surface area (Å²) in [7, 11) is -2.44. The van der Waals surface area contributed by atoms with Gasteiger partial charge in [-0.1, -0.05) is 104 Å². The Kier molecular flexibility index (Phi) is 34.1. The van der Waals surface area contributed by atoms with Gasteiger partial charge in [0.05, 0.1) is 86.6 Å². The Hall–Kier alpha value is -6.51. The number of amides is 4. The third-order valence-corrected chi connectivity index (χ3v) is 27.4. The van der Waals surface area contributed by atoms with E-state index in [0.29, 0.717) is 78.0 Å². The zero-order valence-corrected chi connectivity index (χ0v) is 73.2. The van der Waals surface area contributed by atoms with Gasteiger partial charge in [0.15, 0.2) is 8.32 Å². The highest BCUT2D eigenvalue weighted by atomic mass is 35.5. The molecular weight excluding hydrogens is 1580 g/mol. The fourth-order valence-electron chi connectivity index (χ4n) is 13.1. The lowest BCUT2D eigenvalue weighted by atomic mass is 9.76. The molecule has 116 heavy (non-hydrogen) atoms. The SMILES string of the molecule is CC(C)(C)[Si](C)(C)OC/C=C/c1cc(Cl)cc(N2CCOCC2)n1.CC/C=C/B1OC(C)(C)C(C)(C)O1.Cc1ccc(NC(=O)N2CC[C@@H](CC(F)(F)F)C2)cc1-c1cc(/C=C/CO)nc(N2CCOCC2)c1.Cc1ccc(NC(=O)N2CC[C@@H](CC(F)(F)F)C2)cc1B1OC(C)(C)C(C)(C)O1.Clc1cc(Cl)nc(N2CCOCC2)c1. The maximum atomic E-state index is 12.8. The second-order valence-electron chi connectivity index (χ2n) is 33.4. The number of aliphatic hydroxyl groups is 1. The topological polar surface area (TPSA) is 207 Å². The van der Waals surface area contributed by atoms with Crippen molar-refractivity contribution in [3.63, 3.8) is 0 Å². The second-order valence-corrected chi connectivity index (χ2v) is 39.5. The van der Waals surface area contributed by atoms with Gasteiger partial charge in [-0.05, 0) is 213 Å². The van der Waals surface area contributed by atoms with E-state index in [1.165, 1.54) is 9.80 Å². The number of halogens is 9. The summed E-state index contributed by atoms with van der Waals surface area (Å²) >= 11 is 18.0. The van der Waals surface area contributed by atoms with Crippen molar-refractivity contribution < 1.29 is 78.3 Å². The number of carbonyl (C=O) groups is 2. The van der Waals surface area contributed by atoms with E-state index in [1.54, 1.807) is 36.4 Å². The molecule has 2 atom stereocenters. The molecule has 33 heteroatoms. The summed E-state index contributed by atoms with van der Waals surface area (Å²) in [5.41, 5.74) is 5.89. The fraction of sp³-hybridized carbons (Fsp3) is 0.578. The van der Waals surface area contributed by atoms with Crippen molar-refractivity contribution in [2.45, 2.75) is 182 Å². The minimum Gasteiger partial charge on any atom is -0.413 e. The molecule has 3 aromatic heterocycles. The summed E-state index contributed by atoms with van der Waals surface area (Å²) in [6.45, 7) is 43.7. The summed E-state index contributed by atoms with van der Waals surface area (Å²) in [6, 6.07) is 21.4. The van der Waals surface area contributed by atoms with Crippen molar-refractivity contribution in [1.82, 2.24) is 24.8 Å². The minimum absolute atomic E-state index is 0.0951. The van der Waals surface area contributed by atoms with Crippen LogP contribution in [0.3, 0.4) is 0 Å². The number of morpholine rings is 3. The number of nitrogens with zero attached hydrogens (tertiary/aromatic N) is 8. The molecule has 12 rings (SSSR count). The van der Waals surface area contributed by atoms with Gasteiger partial charge in [0.1, 0.15) is 22.6 Å². The van der Waals surface area contributed by atoms with E-state index < -0.39 is 75.7 Å². The maximum Gasteiger partial charge on any atom is 0.495 e. The third kappa shape index (κ3) is 28.6. The number of carbonyl (C=O) groups excluding carboxylic acids is 2. The van der Waals surface area contributed by atoms with Crippen molar-refractivity contribution in [3.8, 4) is 11.1 Å². The first-order valence-corrected chi connectivity index (χ1v) is 43.8. The van der Waals surface area contributed by atoms with Crippen LogP contribution in [0.1, 0.15) is 138 Å². The molecule has 7 aliphatic heterocycles. The number of alkyl halides is 6. The Morgan fingerprint density at radius 2 is 1.01 bits per heavy atom. The van der Waals surface area contributed by atoms with Gasteiger partial charge < -0.3 is 77.5 Å². The Labute approximate surface area is 698 Å². The van der Waals surface area contributed by atoms with Crippen LogP contribution in [0.25, 0.3) is 23.3 Å². The number of aryl methyl sites for hydroxylation is 2. The number of ether oxygens (including phenoxy) is 3. The van der Waals surface area contributed by atoms with Crippen LogP contribution >= 0.6 is 34.8 Å². The van der Waals surface area contributed by atoms with Crippen LogP contribution in [0.2, 0.25) is 33.3 Å². The van der Waals surface area contributed by atoms with E-state index in [1.807, 2.05) is 108 Å². The zero-order chi connectivity index (χ0) is 85.2. The molecule has 10 heterocycles. The average Bonchev–Trinajstić information content (AvgIpc) is 1.62. The smallest absolute Gasteiger partial charge is 0.413 e. The maximum absolute atomic E-state index is 12.8. The molecule has 2 aromatic carbocycles. The van der Waals surface area contributed by atoms with Gasteiger partial charge in [-0.15, -0.1) is 0 Å². The summed E-state index contributed by atoms with van der Waals surface area (Å²) in [5, 5.41) is 16.8. The van der Waals surface area contributed by atoms with Crippen molar-refractivity contribution in [2.75, 3.05) is 144 Å². The molecule has 0 saturated carbocycles. The highest BCUT2D eigenvalue weighted by molar-refractivity contribution is 6.74. The van der Waals surface area contributed by atoms with Gasteiger partial charge in [0.25, 0.3) is 0 Å². The summed E-state index contributed by atoms with van der Waals surface area (Å²) in [4.78, 5) is 48.3. The predicted octanol–water partition coefficient (Wildman–Crippen LogP) is 18.2. The number of aliphatic hydroxyl groups excluding tert-OH is 1. The Bertz CT molecular complexity index is 4090. The minimum atomic E-state index is -4.22. The zero-order valence-electron chi connectivity index (χ0n) is 70.0. The number of allylic oxidation sites excluding steroid dienone is 1. The lowest BCUT2D eigenvalue weighted by Gasteiger charge is -2.35. The molecular formula is C83H117B2Cl3F6N10O11Si. The first-order valence-electron chi connectivity index (χ1n) is 39.8. The number of aromatic nitrogens is 3. The average molecular weight is 1700 g/mol. The van der Waals surface area contributed by atoms with E-state index in [2.05, 4.69) is 105 Å². The summed E-state index contributed by atoms with van der Waals surface area (Å²) in [6.07, 6.45) is 1.05. The van der Waals surface area contributed by atoms with Crippen LogP contribution in [-0.4, -0.2) is 218 Å². The molecule has 0 radical (unpaired) electrons. The molecule has 0 spiro atoms. The largest absolute Gasteiger partial charge is 0.495 e. The molecule has 638 valence electrons. The fourth-order valence-corrected chi connectivity index (χ4v) is 14.7. The van der Waals surface area contributed by atoms with Crippen LogP contribution in [0.4, 0.5) is 64.8 Å². The molecule has 7 fully saturated rings. The van der Waals surface area contributed by atoms with Crippen LogP contribution in [0.5, 0.6) is 0 Å². The molecule has 3 N–H and O–H groups in total. The third-order valence-electron chi connectivity index (χ3n) is 22.2. The molecule has 0 aliphatic carbocycles. The van der Waals surface area contributed by atoms with E-state index in [-0.39, 0.29) is 43.1 Å². The van der Waals surface area contributed by atoms with Crippen LogP contribution in [0, 0.1) is 25.7 Å². The number of rotatable bonds is 17. The first-order chi connectivity index (χ1) is 54.3. The number of hydrogen-bond donors (Lipinski definition) is 3. The number of pyridine rings is 3. The molecule has 7 saturated heterocycles. The van der Waals surface area contributed by atoms with Crippen molar-refractivity contribution in [3.05, 3.63) is 135 Å². The molecule has 21 nitrogen and oxygen atoms in total. The van der Waals surface area contributed by atoms with Crippen molar-refractivity contribution in [1.29, 1.82) is 0 Å². The Morgan fingerprint density at radius 3 is 1.47 bits per heavy atom. The van der Waals surface area contributed by atoms with Crippen LogP contribution in [0.15, 0.2) is 97.0 Å². The molecule has 0 bridgehead atoms. The van der Waals surface area contributed by atoms with Crippen LogP contribution in [-0.2, 0) is 37.3 Å². The van der Waals surface area contributed by atoms with E-state index in [4.69, 9.17) is 82.0 Å². The number of benzene rings is 2. The Balaban J connectivity index is 0.000000190. The highest BCUT2D eigenvalue weighted by Gasteiger charge is 2.53. The summed E-state index contributed by atoms with van der Waals surface area (Å²) < 4.78 is 122. The number of likely N-dealkylation sites (tertiary alicyclic amines) is 2. The van der Waals surface area contributed by atoms with Crippen LogP contribution < -0.4 is 30.8 Å². The molecule has 4 amide bonds.